The van der Waals surface area contributed by atoms with Gasteiger partial charge >= 0.3 is 5.97 Å². The first-order valence-corrected chi connectivity index (χ1v) is 5.27. The normalized spacial score (nSPS) is 10.5. The number of nitrogens with zero attached hydrogens (tertiary/aromatic N) is 2. The number of aromatic carboxylic acids is 1. The third-order valence-electron chi connectivity index (χ3n) is 1.99. The van der Waals surface area contributed by atoms with Crippen LogP contribution in [0.2, 0.25) is 0 Å². The standard InChI is InChI=1S/C10H10N2O2S/c1-7-2-3-8(15-7)4-12-5-9(10(13)14)11-6-12/h2-3,5-6H,4H2,1H3,(H,13,14). The van der Waals surface area contributed by atoms with E-state index in [1.807, 2.05) is 13.0 Å². The first-order valence-electron chi connectivity index (χ1n) is 4.45. The molecule has 0 spiro atoms. The molecule has 1 N–H and O–H groups in total. The third-order valence-corrected chi connectivity index (χ3v) is 2.97. The van der Waals surface area contributed by atoms with Crippen molar-refractivity contribution < 1.29 is 9.90 Å². The van der Waals surface area contributed by atoms with E-state index >= 15 is 0 Å². The molecule has 0 saturated heterocycles. The van der Waals surface area contributed by atoms with Gasteiger partial charge < -0.3 is 9.67 Å². The van der Waals surface area contributed by atoms with E-state index in [0.717, 1.165) is 0 Å². The molecule has 2 rings (SSSR count). The van der Waals surface area contributed by atoms with Gasteiger partial charge in [-0.2, -0.15) is 0 Å². The summed E-state index contributed by atoms with van der Waals surface area (Å²) >= 11 is 1.70. The number of hydrogen-bond donors (Lipinski definition) is 1. The summed E-state index contributed by atoms with van der Waals surface area (Å²) in [4.78, 5) is 16.8. The first-order chi connectivity index (χ1) is 7.15. The number of carbonyl (C=O) groups is 1. The molecular formula is C10H10N2O2S. The molecule has 0 aliphatic heterocycles. The van der Waals surface area contributed by atoms with Gasteiger partial charge in [0.2, 0.25) is 0 Å². The van der Waals surface area contributed by atoms with Crippen LogP contribution < -0.4 is 0 Å². The SMILES string of the molecule is Cc1ccc(Cn2cnc(C(=O)O)c2)s1. The summed E-state index contributed by atoms with van der Waals surface area (Å²) in [5.41, 5.74) is 0.0864. The Kier molecular flexibility index (Phi) is 2.55. The Morgan fingerprint density at radius 1 is 1.60 bits per heavy atom. The topological polar surface area (TPSA) is 55.1 Å². The van der Waals surface area contributed by atoms with E-state index in [9.17, 15) is 4.79 Å². The Hall–Kier alpha value is -1.62. The maximum absolute atomic E-state index is 10.6. The van der Waals surface area contributed by atoms with Crippen molar-refractivity contribution in [3.8, 4) is 0 Å². The molecule has 0 amide bonds. The lowest BCUT2D eigenvalue weighted by atomic mass is 10.4. The molecule has 0 bridgehead atoms. The van der Waals surface area contributed by atoms with E-state index in [-0.39, 0.29) is 5.69 Å². The molecule has 0 atom stereocenters. The van der Waals surface area contributed by atoms with Gasteiger partial charge in [0.1, 0.15) is 0 Å². The predicted molar refractivity (Wildman–Crippen MR) is 57.3 cm³/mol. The average Bonchev–Trinajstić information content (AvgIpc) is 2.76. The Morgan fingerprint density at radius 3 is 2.93 bits per heavy atom. The average molecular weight is 222 g/mol. The maximum Gasteiger partial charge on any atom is 0.356 e. The van der Waals surface area contributed by atoms with Crippen molar-refractivity contribution in [3.05, 3.63) is 40.1 Å². The summed E-state index contributed by atoms with van der Waals surface area (Å²) in [7, 11) is 0. The van der Waals surface area contributed by atoms with Crippen molar-refractivity contribution in [2.24, 2.45) is 0 Å². The fourth-order valence-corrected chi connectivity index (χ4v) is 2.21. The van der Waals surface area contributed by atoms with Crippen LogP contribution in [0.3, 0.4) is 0 Å². The van der Waals surface area contributed by atoms with Gasteiger partial charge in [-0.3, -0.25) is 0 Å². The highest BCUT2D eigenvalue weighted by molar-refractivity contribution is 7.11. The van der Waals surface area contributed by atoms with E-state index in [1.54, 1.807) is 22.2 Å². The second-order valence-electron chi connectivity index (χ2n) is 3.25. The molecule has 78 valence electrons. The molecule has 0 aliphatic rings. The minimum absolute atomic E-state index is 0.0864. The Bertz CT molecular complexity index is 487. The molecule has 2 aromatic rings. The monoisotopic (exact) mass is 222 g/mol. The maximum atomic E-state index is 10.6. The number of aryl methyl sites for hydroxylation is 1. The molecule has 0 saturated carbocycles. The molecule has 4 nitrogen and oxygen atoms in total. The van der Waals surface area contributed by atoms with E-state index in [0.29, 0.717) is 6.54 Å². The lowest BCUT2D eigenvalue weighted by Crippen LogP contribution is -1.97. The van der Waals surface area contributed by atoms with Crippen molar-refractivity contribution in [3.63, 3.8) is 0 Å². The summed E-state index contributed by atoms with van der Waals surface area (Å²) in [6, 6.07) is 4.09. The van der Waals surface area contributed by atoms with Gasteiger partial charge in [-0.25, -0.2) is 9.78 Å². The van der Waals surface area contributed by atoms with Crippen LogP contribution >= 0.6 is 11.3 Å². The van der Waals surface area contributed by atoms with Crippen molar-refractivity contribution >= 4 is 17.3 Å². The quantitative estimate of drug-likeness (QED) is 0.864. The second-order valence-corrected chi connectivity index (χ2v) is 4.62. The molecule has 0 radical (unpaired) electrons. The Labute approximate surface area is 90.8 Å². The number of hydrogen-bond acceptors (Lipinski definition) is 3. The largest absolute Gasteiger partial charge is 0.476 e. The van der Waals surface area contributed by atoms with Crippen molar-refractivity contribution in [1.29, 1.82) is 0 Å². The van der Waals surface area contributed by atoms with Gasteiger partial charge in [0, 0.05) is 16.0 Å². The van der Waals surface area contributed by atoms with Crippen LogP contribution in [0, 0.1) is 6.92 Å². The summed E-state index contributed by atoms with van der Waals surface area (Å²) in [5.74, 6) is -0.990. The minimum Gasteiger partial charge on any atom is -0.476 e. The van der Waals surface area contributed by atoms with Crippen LogP contribution in [-0.2, 0) is 6.54 Å². The zero-order valence-corrected chi connectivity index (χ0v) is 8.99. The summed E-state index contributed by atoms with van der Waals surface area (Å²) in [6.07, 6.45) is 3.08. The molecule has 0 aromatic carbocycles. The van der Waals surface area contributed by atoms with Crippen LogP contribution in [0.1, 0.15) is 20.2 Å². The summed E-state index contributed by atoms with van der Waals surface area (Å²) in [5, 5.41) is 8.70. The van der Waals surface area contributed by atoms with Gasteiger partial charge in [-0.1, -0.05) is 0 Å². The summed E-state index contributed by atoms with van der Waals surface area (Å²) in [6.45, 7) is 2.73. The van der Waals surface area contributed by atoms with Crippen LogP contribution in [0.5, 0.6) is 0 Å². The molecule has 2 aromatic heterocycles. The smallest absolute Gasteiger partial charge is 0.356 e. The third kappa shape index (κ3) is 2.24. The number of imidazole rings is 1. The van der Waals surface area contributed by atoms with Crippen molar-refractivity contribution in [2.75, 3.05) is 0 Å². The van der Waals surface area contributed by atoms with Gasteiger partial charge in [0.05, 0.1) is 12.9 Å². The number of carboxylic acids is 1. The lowest BCUT2D eigenvalue weighted by molar-refractivity contribution is 0.0691. The fourth-order valence-electron chi connectivity index (χ4n) is 1.31. The highest BCUT2D eigenvalue weighted by Crippen LogP contribution is 2.16. The molecule has 0 aliphatic carbocycles. The fraction of sp³-hybridized carbons (Fsp3) is 0.200. The lowest BCUT2D eigenvalue weighted by Gasteiger charge is -1.96. The summed E-state index contributed by atoms with van der Waals surface area (Å²) < 4.78 is 1.77. The zero-order valence-electron chi connectivity index (χ0n) is 8.17. The Balaban J connectivity index is 2.14. The van der Waals surface area contributed by atoms with Gasteiger partial charge in [-0.15, -0.1) is 11.3 Å². The predicted octanol–water partition coefficient (Wildman–Crippen LogP) is 2.00. The van der Waals surface area contributed by atoms with Gasteiger partial charge in [0.15, 0.2) is 5.69 Å². The van der Waals surface area contributed by atoms with Gasteiger partial charge in [0.25, 0.3) is 0 Å². The number of aromatic nitrogens is 2. The second kappa shape index (κ2) is 3.86. The number of thiophene rings is 1. The molecule has 0 unspecified atom stereocenters. The highest BCUT2D eigenvalue weighted by atomic mass is 32.1. The molecule has 15 heavy (non-hydrogen) atoms. The van der Waals surface area contributed by atoms with Crippen molar-refractivity contribution in [2.45, 2.75) is 13.5 Å². The minimum atomic E-state index is -0.990. The van der Waals surface area contributed by atoms with Crippen molar-refractivity contribution in [1.82, 2.24) is 9.55 Å². The Morgan fingerprint density at radius 2 is 2.40 bits per heavy atom. The molecule has 2 heterocycles. The number of rotatable bonds is 3. The van der Waals surface area contributed by atoms with Crippen LogP contribution in [0.15, 0.2) is 24.7 Å². The number of carboxylic acid groups (broad SMARTS) is 1. The highest BCUT2D eigenvalue weighted by Gasteiger charge is 2.06. The molecular weight excluding hydrogens is 212 g/mol. The zero-order chi connectivity index (χ0) is 10.8. The van der Waals surface area contributed by atoms with E-state index in [1.165, 1.54) is 16.0 Å². The molecule has 0 fully saturated rings. The molecule has 5 heteroatoms. The van der Waals surface area contributed by atoms with E-state index in [2.05, 4.69) is 11.1 Å². The first kappa shape index (κ1) is 9.92. The van der Waals surface area contributed by atoms with Crippen LogP contribution in [0.4, 0.5) is 0 Å². The van der Waals surface area contributed by atoms with E-state index < -0.39 is 5.97 Å². The van der Waals surface area contributed by atoms with Gasteiger partial charge in [-0.05, 0) is 19.1 Å². The van der Waals surface area contributed by atoms with Crippen LogP contribution in [-0.4, -0.2) is 20.6 Å². The van der Waals surface area contributed by atoms with E-state index in [4.69, 9.17) is 5.11 Å². The van der Waals surface area contributed by atoms with Crippen LogP contribution in [0.25, 0.3) is 0 Å².